The van der Waals surface area contributed by atoms with Gasteiger partial charge in [0.1, 0.15) is 5.69 Å². The maximum atomic E-state index is 12.2. The van der Waals surface area contributed by atoms with Crippen LogP contribution in [-0.4, -0.2) is 31.5 Å². The number of aromatic nitrogens is 5. The minimum atomic E-state index is -0.425. The van der Waals surface area contributed by atoms with Crippen LogP contribution in [0.25, 0.3) is 10.8 Å². The monoisotopic (exact) mass is 284 g/mol. The predicted molar refractivity (Wildman–Crippen MR) is 74.6 cm³/mol. The summed E-state index contributed by atoms with van der Waals surface area (Å²) in [7, 11) is 0. The average molecular weight is 284 g/mol. The van der Waals surface area contributed by atoms with Crippen LogP contribution in [0.15, 0.2) is 35.1 Å². The van der Waals surface area contributed by atoms with Crippen molar-refractivity contribution in [1.82, 2.24) is 30.9 Å². The van der Waals surface area contributed by atoms with E-state index in [0.29, 0.717) is 16.6 Å². The normalized spacial score (nSPS) is 12.2. The van der Waals surface area contributed by atoms with Crippen LogP contribution in [0.4, 0.5) is 0 Å². The zero-order chi connectivity index (χ0) is 14.8. The van der Waals surface area contributed by atoms with E-state index < -0.39 is 11.9 Å². The fourth-order valence-electron chi connectivity index (χ4n) is 2.03. The molecule has 106 valence electrons. The number of rotatable bonds is 3. The molecule has 3 rings (SSSR count). The molecule has 2 aromatic heterocycles. The van der Waals surface area contributed by atoms with Gasteiger partial charge in [0.25, 0.3) is 11.5 Å². The van der Waals surface area contributed by atoms with Crippen molar-refractivity contribution in [3.8, 4) is 0 Å². The van der Waals surface area contributed by atoms with Gasteiger partial charge in [-0.25, -0.2) is 0 Å². The molecule has 0 radical (unpaired) electrons. The van der Waals surface area contributed by atoms with E-state index in [9.17, 15) is 9.59 Å². The fraction of sp³-hybridized carbons (Fsp3) is 0.154. The lowest BCUT2D eigenvalue weighted by Gasteiger charge is -2.10. The lowest BCUT2D eigenvalue weighted by molar-refractivity contribution is 0.0933. The third-order valence-corrected chi connectivity index (χ3v) is 3.09. The highest BCUT2D eigenvalue weighted by Crippen LogP contribution is 2.11. The maximum Gasteiger partial charge on any atom is 0.268 e. The molecule has 0 bridgehead atoms. The molecule has 1 amide bonds. The summed E-state index contributed by atoms with van der Waals surface area (Å²) in [6.07, 6.45) is 0. The van der Waals surface area contributed by atoms with Crippen LogP contribution in [0, 0.1) is 0 Å². The number of nitrogens with one attached hydrogen (secondary N) is 3. The van der Waals surface area contributed by atoms with Gasteiger partial charge in [-0.3, -0.25) is 9.59 Å². The summed E-state index contributed by atoms with van der Waals surface area (Å²) in [6, 6.07) is 8.28. The summed E-state index contributed by atoms with van der Waals surface area (Å²) in [6.45, 7) is 1.72. The van der Waals surface area contributed by atoms with Crippen LogP contribution in [0.5, 0.6) is 0 Å². The highest BCUT2D eigenvalue weighted by atomic mass is 16.2. The quantitative estimate of drug-likeness (QED) is 0.648. The Labute approximate surface area is 118 Å². The Hall–Kier alpha value is -3.03. The Morgan fingerprint density at radius 1 is 1.33 bits per heavy atom. The number of nitrogens with zero attached hydrogens (tertiary/aromatic N) is 3. The van der Waals surface area contributed by atoms with Gasteiger partial charge in [-0.1, -0.05) is 23.4 Å². The molecule has 8 nitrogen and oxygen atoms in total. The van der Waals surface area contributed by atoms with Gasteiger partial charge in [0.15, 0.2) is 5.82 Å². The summed E-state index contributed by atoms with van der Waals surface area (Å²) in [5.41, 5.74) is -0.112. The highest BCUT2D eigenvalue weighted by molar-refractivity contribution is 5.96. The number of pyridine rings is 1. The molecule has 0 fully saturated rings. The summed E-state index contributed by atoms with van der Waals surface area (Å²) in [5.74, 6) is -0.0401. The molecule has 0 aliphatic carbocycles. The van der Waals surface area contributed by atoms with Crippen molar-refractivity contribution >= 4 is 16.7 Å². The van der Waals surface area contributed by atoms with E-state index >= 15 is 0 Å². The largest absolute Gasteiger partial charge is 0.341 e. The van der Waals surface area contributed by atoms with E-state index in [0.717, 1.165) is 0 Å². The summed E-state index contributed by atoms with van der Waals surface area (Å²) in [4.78, 5) is 26.7. The van der Waals surface area contributed by atoms with Crippen LogP contribution in [0.2, 0.25) is 0 Å². The number of H-pyrrole nitrogens is 2. The van der Waals surface area contributed by atoms with Crippen LogP contribution < -0.4 is 10.9 Å². The Morgan fingerprint density at radius 2 is 2.14 bits per heavy atom. The fourth-order valence-corrected chi connectivity index (χ4v) is 2.03. The molecule has 0 spiro atoms. The molecule has 1 atom stereocenters. The van der Waals surface area contributed by atoms with Gasteiger partial charge in [-0.05, 0) is 24.4 Å². The lowest BCUT2D eigenvalue weighted by atomic mass is 10.1. The van der Waals surface area contributed by atoms with Crippen molar-refractivity contribution in [2.24, 2.45) is 0 Å². The second-order valence-electron chi connectivity index (χ2n) is 4.56. The zero-order valence-corrected chi connectivity index (χ0v) is 11.1. The number of carbonyl (C=O) groups is 1. The molecule has 2 heterocycles. The Bertz CT molecular complexity index is 839. The molecule has 1 unspecified atom stereocenters. The Balaban J connectivity index is 1.90. The standard InChI is InChI=1S/C13H12N6O2/c1-7(11-16-18-19-17-11)14-13(21)10-6-8-4-2-3-5-9(8)12(20)15-10/h2-7H,1H3,(H,14,21)(H,15,20)(H,16,17,18,19). The van der Waals surface area contributed by atoms with E-state index in [1.165, 1.54) is 0 Å². The number of hydrogen-bond donors (Lipinski definition) is 3. The summed E-state index contributed by atoms with van der Waals surface area (Å²) < 4.78 is 0. The van der Waals surface area contributed by atoms with E-state index in [4.69, 9.17) is 0 Å². The molecule has 0 saturated carbocycles. The SMILES string of the molecule is CC(NC(=O)c1cc2ccccc2c(=O)[nH]1)c1nn[nH]n1. The summed E-state index contributed by atoms with van der Waals surface area (Å²) >= 11 is 0. The maximum absolute atomic E-state index is 12.2. The van der Waals surface area contributed by atoms with Crippen molar-refractivity contribution in [2.45, 2.75) is 13.0 Å². The number of aromatic amines is 2. The number of benzene rings is 1. The third-order valence-electron chi connectivity index (χ3n) is 3.09. The lowest BCUT2D eigenvalue weighted by Crippen LogP contribution is -2.29. The predicted octanol–water partition coefficient (Wildman–Crippen LogP) is 0.532. The van der Waals surface area contributed by atoms with Gasteiger partial charge in [0, 0.05) is 5.39 Å². The number of hydrogen-bond acceptors (Lipinski definition) is 5. The van der Waals surface area contributed by atoms with E-state index in [1.807, 2.05) is 6.07 Å². The van der Waals surface area contributed by atoms with Crippen LogP contribution in [0.1, 0.15) is 29.3 Å². The first-order valence-corrected chi connectivity index (χ1v) is 6.31. The van der Waals surface area contributed by atoms with Gasteiger partial charge in [0.05, 0.1) is 6.04 Å². The van der Waals surface area contributed by atoms with Crippen molar-refractivity contribution in [3.05, 3.63) is 52.2 Å². The molecule has 21 heavy (non-hydrogen) atoms. The second-order valence-corrected chi connectivity index (χ2v) is 4.56. The molecule has 8 heteroatoms. The minimum absolute atomic E-state index is 0.189. The number of carbonyl (C=O) groups excluding carboxylic acids is 1. The zero-order valence-electron chi connectivity index (χ0n) is 11.1. The molecule has 3 N–H and O–H groups in total. The smallest absolute Gasteiger partial charge is 0.268 e. The minimum Gasteiger partial charge on any atom is -0.341 e. The highest BCUT2D eigenvalue weighted by Gasteiger charge is 2.16. The molecule has 0 aliphatic heterocycles. The Kier molecular flexibility index (Phi) is 3.19. The van der Waals surface area contributed by atoms with E-state index in [1.54, 1.807) is 31.2 Å². The summed E-state index contributed by atoms with van der Waals surface area (Å²) in [5, 5.41) is 17.3. The van der Waals surface area contributed by atoms with Crippen LogP contribution >= 0.6 is 0 Å². The first-order valence-electron chi connectivity index (χ1n) is 6.31. The second kappa shape index (κ2) is 5.16. The molecule has 1 aromatic carbocycles. The topological polar surface area (TPSA) is 116 Å². The third kappa shape index (κ3) is 2.50. The number of amides is 1. The molecular formula is C13H12N6O2. The van der Waals surface area contributed by atoms with Gasteiger partial charge < -0.3 is 10.3 Å². The van der Waals surface area contributed by atoms with Crippen molar-refractivity contribution in [3.63, 3.8) is 0 Å². The van der Waals surface area contributed by atoms with Crippen LogP contribution in [0.3, 0.4) is 0 Å². The molecular weight excluding hydrogens is 272 g/mol. The van der Waals surface area contributed by atoms with Crippen molar-refractivity contribution in [1.29, 1.82) is 0 Å². The number of fused-ring (bicyclic) bond motifs is 1. The van der Waals surface area contributed by atoms with Crippen molar-refractivity contribution in [2.75, 3.05) is 0 Å². The Morgan fingerprint density at radius 3 is 2.90 bits per heavy atom. The van der Waals surface area contributed by atoms with E-state index in [-0.39, 0.29) is 11.3 Å². The van der Waals surface area contributed by atoms with Gasteiger partial charge >= 0.3 is 0 Å². The first-order chi connectivity index (χ1) is 10.1. The molecule has 0 aliphatic rings. The van der Waals surface area contributed by atoms with Gasteiger partial charge in [-0.2, -0.15) is 5.21 Å². The van der Waals surface area contributed by atoms with Crippen molar-refractivity contribution < 1.29 is 4.79 Å². The van der Waals surface area contributed by atoms with E-state index in [2.05, 4.69) is 30.9 Å². The van der Waals surface area contributed by atoms with Gasteiger partial charge in [-0.15, -0.1) is 10.2 Å². The molecule has 0 saturated heterocycles. The van der Waals surface area contributed by atoms with Gasteiger partial charge in [0.2, 0.25) is 0 Å². The average Bonchev–Trinajstić information content (AvgIpc) is 3.01. The number of tetrazole rings is 1. The van der Waals surface area contributed by atoms with Crippen LogP contribution in [-0.2, 0) is 0 Å². The molecule has 3 aromatic rings. The first kappa shape index (κ1) is 13.0.